The van der Waals surface area contributed by atoms with E-state index in [0.29, 0.717) is 13.0 Å². The van der Waals surface area contributed by atoms with E-state index < -0.39 is 11.0 Å². The van der Waals surface area contributed by atoms with E-state index in [0.717, 1.165) is 12.8 Å². The summed E-state index contributed by atoms with van der Waals surface area (Å²) in [5, 5.41) is 16.6. The van der Waals surface area contributed by atoms with E-state index in [1.165, 1.54) is 6.33 Å². The van der Waals surface area contributed by atoms with Crippen molar-refractivity contribution in [3.05, 3.63) is 16.4 Å². The number of amides is 1. The van der Waals surface area contributed by atoms with Gasteiger partial charge in [-0.1, -0.05) is 0 Å². The first-order chi connectivity index (χ1) is 10.1. The minimum atomic E-state index is -0.517. The average Bonchev–Trinajstić information content (AvgIpc) is 2.53. The lowest BCUT2D eigenvalue weighted by Gasteiger charge is -2.34. The Hall–Kier alpha value is -2.45. The van der Waals surface area contributed by atoms with E-state index in [1.54, 1.807) is 19.0 Å². The van der Waals surface area contributed by atoms with Gasteiger partial charge in [0, 0.05) is 20.6 Å². The lowest BCUT2D eigenvalue weighted by molar-refractivity contribution is -0.383. The Morgan fingerprint density at radius 3 is 2.81 bits per heavy atom. The van der Waals surface area contributed by atoms with Crippen molar-refractivity contribution >= 4 is 23.2 Å². The summed E-state index contributed by atoms with van der Waals surface area (Å²) in [6.07, 6.45) is 3.69. The first kappa shape index (κ1) is 14.9. The molecule has 0 spiro atoms. The molecule has 0 aromatic carbocycles. The van der Waals surface area contributed by atoms with E-state index in [1.807, 2.05) is 0 Å². The van der Waals surface area contributed by atoms with Crippen molar-refractivity contribution in [1.82, 2.24) is 15.3 Å². The fourth-order valence-corrected chi connectivity index (χ4v) is 2.55. The van der Waals surface area contributed by atoms with E-state index in [4.69, 9.17) is 0 Å². The van der Waals surface area contributed by atoms with E-state index in [-0.39, 0.29) is 23.2 Å². The van der Waals surface area contributed by atoms with Crippen LogP contribution in [0.4, 0.5) is 17.3 Å². The van der Waals surface area contributed by atoms with Crippen LogP contribution in [0.2, 0.25) is 0 Å². The predicted octanol–water partition coefficient (Wildman–Crippen LogP) is 0.531. The number of carbonyl (C=O) groups excluding carboxylic acids is 1. The summed E-state index contributed by atoms with van der Waals surface area (Å²) >= 11 is 0. The number of nitrogens with one attached hydrogen (secondary N) is 2. The standard InChI is InChI=1S/C12H18N6O3/c1-13-10-9(18(20)21)11(16-7-15-10)17-6-4-3-5-8(17)12(19)14-2/h7-8H,3-6H2,1-2H3,(H,14,19)(H,13,15,16). The summed E-state index contributed by atoms with van der Waals surface area (Å²) in [6.45, 7) is 0.555. The van der Waals surface area contributed by atoms with Gasteiger partial charge in [0.1, 0.15) is 12.4 Å². The number of anilines is 2. The highest BCUT2D eigenvalue weighted by molar-refractivity contribution is 5.86. The second-order valence-electron chi connectivity index (χ2n) is 4.72. The molecular weight excluding hydrogens is 276 g/mol. The molecule has 114 valence electrons. The van der Waals surface area contributed by atoms with Crippen LogP contribution in [-0.4, -0.2) is 47.5 Å². The third-order valence-corrected chi connectivity index (χ3v) is 3.55. The average molecular weight is 294 g/mol. The molecule has 1 aliphatic rings. The van der Waals surface area contributed by atoms with Crippen LogP contribution in [0.15, 0.2) is 6.33 Å². The van der Waals surface area contributed by atoms with Crippen molar-refractivity contribution in [3.63, 3.8) is 0 Å². The molecule has 0 radical (unpaired) electrons. The Bertz CT molecular complexity index is 550. The van der Waals surface area contributed by atoms with Crippen molar-refractivity contribution in [3.8, 4) is 0 Å². The Kier molecular flexibility index (Phi) is 4.51. The lowest BCUT2D eigenvalue weighted by Crippen LogP contribution is -2.49. The Labute approximate surface area is 121 Å². The van der Waals surface area contributed by atoms with Gasteiger partial charge in [0.15, 0.2) is 0 Å². The van der Waals surface area contributed by atoms with Crippen molar-refractivity contribution in [1.29, 1.82) is 0 Å². The van der Waals surface area contributed by atoms with Gasteiger partial charge in [0.2, 0.25) is 17.5 Å². The highest BCUT2D eigenvalue weighted by atomic mass is 16.6. The van der Waals surface area contributed by atoms with Gasteiger partial charge >= 0.3 is 5.69 Å². The number of nitrogens with zero attached hydrogens (tertiary/aromatic N) is 4. The summed E-state index contributed by atoms with van der Waals surface area (Å²) in [5.41, 5.74) is -0.198. The molecule has 1 amide bonds. The monoisotopic (exact) mass is 294 g/mol. The molecule has 21 heavy (non-hydrogen) atoms. The topological polar surface area (TPSA) is 113 Å². The second-order valence-corrected chi connectivity index (χ2v) is 4.72. The normalized spacial score (nSPS) is 18.2. The van der Waals surface area contributed by atoms with Crippen LogP contribution < -0.4 is 15.5 Å². The summed E-state index contributed by atoms with van der Waals surface area (Å²) in [5.74, 6) is 0.174. The number of carbonyl (C=O) groups is 1. The number of hydrogen-bond donors (Lipinski definition) is 2. The van der Waals surface area contributed by atoms with Gasteiger partial charge in [-0.2, -0.15) is 0 Å². The Morgan fingerprint density at radius 2 is 2.19 bits per heavy atom. The van der Waals surface area contributed by atoms with Crippen molar-refractivity contribution < 1.29 is 9.72 Å². The lowest BCUT2D eigenvalue weighted by atomic mass is 10.0. The molecule has 2 rings (SSSR count). The zero-order valence-electron chi connectivity index (χ0n) is 12.0. The van der Waals surface area contributed by atoms with Crippen LogP contribution in [0.1, 0.15) is 19.3 Å². The molecule has 1 unspecified atom stereocenters. The van der Waals surface area contributed by atoms with Gasteiger partial charge in [0.25, 0.3) is 0 Å². The van der Waals surface area contributed by atoms with Gasteiger partial charge in [-0.15, -0.1) is 0 Å². The van der Waals surface area contributed by atoms with Crippen LogP contribution in [0, 0.1) is 10.1 Å². The molecule has 1 aromatic heterocycles. The fraction of sp³-hybridized carbons (Fsp3) is 0.583. The van der Waals surface area contributed by atoms with Gasteiger partial charge in [-0.3, -0.25) is 14.9 Å². The van der Waals surface area contributed by atoms with Gasteiger partial charge in [-0.25, -0.2) is 9.97 Å². The fourth-order valence-electron chi connectivity index (χ4n) is 2.55. The highest BCUT2D eigenvalue weighted by Crippen LogP contribution is 2.34. The Morgan fingerprint density at radius 1 is 1.43 bits per heavy atom. The molecule has 1 atom stereocenters. The number of rotatable bonds is 4. The van der Waals surface area contributed by atoms with Crippen LogP contribution in [0.5, 0.6) is 0 Å². The SMILES string of the molecule is CNC(=O)C1CCCCN1c1ncnc(NC)c1[N+](=O)[O-]. The Balaban J connectivity index is 2.48. The number of nitro groups is 1. The van der Waals surface area contributed by atoms with Gasteiger partial charge in [0.05, 0.1) is 4.92 Å². The summed E-state index contributed by atoms with van der Waals surface area (Å²) in [7, 11) is 3.12. The molecule has 0 aliphatic carbocycles. The number of hydrogen-bond acceptors (Lipinski definition) is 7. The first-order valence-electron chi connectivity index (χ1n) is 6.75. The predicted molar refractivity (Wildman–Crippen MR) is 77.3 cm³/mol. The van der Waals surface area contributed by atoms with E-state index >= 15 is 0 Å². The molecule has 1 saturated heterocycles. The second kappa shape index (κ2) is 6.33. The largest absolute Gasteiger partial charge is 0.367 e. The zero-order valence-corrected chi connectivity index (χ0v) is 12.0. The molecular formula is C12H18N6O3. The molecule has 0 saturated carbocycles. The third kappa shape index (κ3) is 2.86. The van der Waals surface area contributed by atoms with Crippen LogP contribution in [0.3, 0.4) is 0 Å². The maximum absolute atomic E-state index is 12.0. The summed E-state index contributed by atoms with van der Waals surface area (Å²) in [6, 6.07) is -0.443. The number of piperidine rings is 1. The quantitative estimate of drug-likeness (QED) is 0.615. The van der Waals surface area contributed by atoms with Crippen LogP contribution >= 0.6 is 0 Å². The highest BCUT2D eigenvalue weighted by Gasteiger charge is 2.35. The van der Waals surface area contributed by atoms with Crippen molar-refractivity contribution in [2.45, 2.75) is 25.3 Å². The minimum absolute atomic E-state index is 0.145. The maximum Gasteiger partial charge on any atom is 0.353 e. The smallest absolute Gasteiger partial charge is 0.353 e. The maximum atomic E-state index is 12.0. The first-order valence-corrected chi connectivity index (χ1v) is 6.75. The molecule has 2 heterocycles. The molecule has 9 nitrogen and oxygen atoms in total. The molecule has 9 heteroatoms. The van der Waals surface area contributed by atoms with Gasteiger partial charge < -0.3 is 15.5 Å². The van der Waals surface area contributed by atoms with Crippen molar-refractivity contribution in [2.24, 2.45) is 0 Å². The van der Waals surface area contributed by atoms with Crippen molar-refractivity contribution in [2.75, 3.05) is 30.9 Å². The minimum Gasteiger partial charge on any atom is -0.367 e. The third-order valence-electron chi connectivity index (χ3n) is 3.55. The van der Waals surface area contributed by atoms with Gasteiger partial charge in [-0.05, 0) is 19.3 Å². The molecule has 2 N–H and O–H groups in total. The number of aromatic nitrogens is 2. The summed E-state index contributed by atoms with van der Waals surface area (Å²) in [4.78, 5) is 32.5. The summed E-state index contributed by atoms with van der Waals surface area (Å²) < 4.78 is 0. The molecule has 0 bridgehead atoms. The molecule has 1 aliphatic heterocycles. The van der Waals surface area contributed by atoms with Crippen LogP contribution in [0.25, 0.3) is 0 Å². The molecule has 1 aromatic rings. The number of likely N-dealkylation sites (N-methyl/N-ethyl adjacent to an activating group) is 1. The zero-order chi connectivity index (χ0) is 15.4. The van der Waals surface area contributed by atoms with E-state index in [9.17, 15) is 14.9 Å². The van der Waals surface area contributed by atoms with E-state index in [2.05, 4.69) is 20.6 Å². The van der Waals surface area contributed by atoms with Crippen LogP contribution in [-0.2, 0) is 4.79 Å². The molecule has 1 fully saturated rings.